The Bertz CT molecular complexity index is 938. The Labute approximate surface area is 151 Å². The third-order valence-corrected chi connectivity index (χ3v) is 5.57. The summed E-state index contributed by atoms with van der Waals surface area (Å²) in [6.07, 6.45) is -0.0290. The van der Waals surface area contributed by atoms with Crippen molar-refractivity contribution in [1.29, 1.82) is 0 Å². The second kappa shape index (κ2) is 7.17. The summed E-state index contributed by atoms with van der Waals surface area (Å²) in [7, 11) is -3.62. The van der Waals surface area contributed by atoms with E-state index in [0.29, 0.717) is 23.6 Å². The molecule has 0 aliphatic carbocycles. The van der Waals surface area contributed by atoms with Crippen molar-refractivity contribution >= 4 is 33.2 Å². The number of sulfonamides is 1. The minimum Gasteiger partial charge on any atom is -0.492 e. The smallest absolute Gasteiger partial charge is 0.255 e. The van der Waals surface area contributed by atoms with Crippen molar-refractivity contribution in [2.24, 2.45) is 0 Å². The van der Waals surface area contributed by atoms with Gasteiger partial charge in [-0.05, 0) is 43.3 Å². The molecule has 0 saturated carbocycles. The van der Waals surface area contributed by atoms with Gasteiger partial charge in [0, 0.05) is 12.0 Å². The summed E-state index contributed by atoms with van der Waals surface area (Å²) in [5, 5.41) is 2.76. The fraction of sp³-hybridized carbons (Fsp3) is 0.222. The quantitative estimate of drug-likeness (QED) is 0.867. The van der Waals surface area contributed by atoms with Crippen molar-refractivity contribution in [3.05, 3.63) is 54.1 Å². The average molecular weight is 374 g/mol. The highest BCUT2D eigenvalue weighted by Gasteiger charge is 2.36. The van der Waals surface area contributed by atoms with E-state index in [1.807, 2.05) is 13.0 Å². The molecule has 0 spiro atoms. The molecule has 0 unspecified atom stereocenters. The molecular weight excluding hydrogens is 356 g/mol. The standard InChI is InChI=1S/C18H18N2O5S/c1-2-25-16-6-4-3-5-15(16)19-18(22)13-7-9-14(10-8-13)20-17(21)11-12-26(20,23)24/h3-10H,2,11-12H2,1H3,(H,19,22). The predicted octanol–water partition coefficient (Wildman–Crippen LogP) is 2.40. The Morgan fingerprint density at radius 2 is 1.85 bits per heavy atom. The summed E-state index contributed by atoms with van der Waals surface area (Å²) >= 11 is 0. The van der Waals surface area contributed by atoms with Crippen molar-refractivity contribution in [1.82, 2.24) is 0 Å². The fourth-order valence-corrected chi connectivity index (χ4v) is 4.12. The first-order valence-electron chi connectivity index (χ1n) is 8.11. The summed E-state index contributed by atoms with van der Waals surface area (Å²) in [4.78, 5) is 24.2. The van der Waals surface area contributed by atoms with Crippen molar-refractivity contribution < 1.29 is 22.7 Å². The minimum atomic E-state index is -3.62. The van der Waals surface area contributed by atoms with E-state index in [1.54, 1.807) is 18.2 Å². The molecule has 1 fully saturated rings. The first-order valence-corrected chi connectivity index (χ1v) is 9.72. The average Bonchev–Trinajstić information content (AvgIpc) is 2.90. The topological polar surface area (TPSA) is 92.8 Å². The van der Waals surface area contributed by atoms with Gasteiger partial charge in [0.15, 0.2) is 0 Å². The number of nitrogens with zero attached hydrogens (tertiary/aromatic N) is 1. The normalized spacial score (nSPS) is 15.7. The second-order valence-electron chi connectivity index (χ2n) is 5.65. The molecule has 2 aromatic carbocycles. The maximum atomic E-state index is 12.4. The van der Waals surface area contributed by atoms with E-state index in [0.717, 1.165) is 4.31 Å². The van der Waals surface area contributed by atoms with Crippen LogP contribution in [-0.2, 0) is 14.8 Å². The van der Waals surface area contributed by atoms with Crippen LogP contribution in [0.4, 0.5) is 11.4 Å². The molecule has 1 aliphatic heterocycles. The van der Waals surface area contributed by atoms with E-state index in [-0.39, 0.29) is 23.8 Å². The van der Waals surface area contributed by atoms with Crippen LogP contribution in [0.15, 0.2) is 48.5 Å². The number of carbonyl (C=O) groups is 2. The Hall–Kier alpha value is -2.87. The third kappa shape index (κ3) is 3.55. The zero-order valence-electron chi connectivity index (χ0n) is 14.1. The van der Waals surface area contributed by atoms with E-state index in [4.69, 9.17) is 4.74 Å². The van der Waals surface area contributed by atoms with Gasteiger partial charge in [0.2, 0.25) is 15.9 Å². The number of nitrogens with one attached hydrogen (secondary N) is 1. The lowest BCUT2D eigenvalue weighted by Gasteiger charge is -2.15. The maximum Gasteiger partial charge on any atom is 0.255 e. The summed E-state index contributed by atoms with van der Waals surface area (Å²) in [5.74, 6) is -0.455. The van der Waals surface area contributed by atoms with Gasteiger partial charge in [-0.15, -0.1) is 0 Å². The number of hydrogen-bond acceptors (Lipinski definition) is 5. The Morgan fingerprint density at radius 1 is 1.15 bits per heavy atom. The molecule has 3 rings (SSSR count). The van der Waals surface area contributed by atoms with Gasteiger partial charge in [0.05, 0.1) is 23.7 Å². The lowest BCUT2D eigenvalue weighted by Crippen LogP contribution is -2.29. The number of benzene rings is 2. The van der Waals surface area contributed by atoms with Crippen LogP contribution >= 0.6 is 0 Å². The van der Waals surface area contributed by atoms with Crippen LogP contribution in [0.1, 0.15) is 23.7 Å². The van der Waals surface area contributed by atoms with Crippen LogP contribution in [0, 0.1) is 0 Å². The van der Waals surface area contributed by atoms with Crippen LogP contribution < -0.4 is 14.4 Å². The minimum absolute atomic E-state index is 0.0290. The fourth-order valence-electron chi connectivity index (χ4n) is 2.66. The summed E-state index contributed by atoms with van der Waals surface area (Å²) < 4.78 is 30.1. The van der Waals surface area contributed by atoms with E-state index >= 15 is 0 Å². The second-order valence-corrected chi connectivity index (χ2v) is 7.59. The molecule has 2 amide bonds. The molecule has 0 atom stereocenters. The highest BCUT2D eigenvalue weighted by molar-refractivity contribution is 7.94. The third-order valence-electron chi connectivity index (χ3n) is 3.88. The molecule has 1 aliphatic rings. The lowest BCUT2D eigenvalue weighted by molar-refractivity contribution is -0.116. The summed E-state index contributed by atoms with van der Waals surface area (Å²) in [5.41, 5.74) is 1.11. The van der Waals surface area contributed by atoms with Crippen molar-refractivity contribution in [3.8, 4) is 5.75 Å². The molecule has 8 heteroatoms. The number of amides is 2. The van der Waals surface area contributed by atoms with Crippen LogP contribution in [0.3, 0.4) is 0 Å². The number of anilines is 2. The molecule has 26 heavy (non-hydrogen) atoms. The number of carbonyl (C=O) groups excluding carboxylic acids is 2. The Kier molecular flexibility index (Phi) is 4.94. The SMILES string of the molecule is CCOc1ccccc1NC(=O)c1ccc(N2C(=O)CCS2(=O)=O)cc1. The first-order chi connectivity index (χ1) is 12.4. The molecule has 136 valence electrons. The first kappa shape index (κ1) is 17.9. The zero-order valence-corrected chi connectivity index (χ0v) is 15.0. The van der Waals surface area contributed by atoms with Gasteiger partial charge < -0.3 is 10.1 Å². The number of ether oxygens (including phenoxy) is 1. The Morgan fingerprint density at radius 3 is 2.46 bits per heavy atom. The largest absolute Gasteiger partial charge is 0.492 e. The van der Waals surface area contributed by atoms with Gasteiger partial charge in [-0.2, -0.15) is 0 Å². The van der Waals surface area contributed by atoms with E-state index in [2.05, 4.69) is 5.32 Å². The van der Waals surface area contributed by atoms with Crippen LogP contribution in [0.5, 0.6) is 5.75 Å². The summed E-state index contributed by atoms with van der Waals surface area (Å²) in [6.45, 7) is 2.32. The number of para-hydroxylation sites is 2. The lowest BCUT2D eigenvalue weighted by atomic mass is 10.2. The van der Waals surface area contributed by atoms with Crippen LogP contribution in [-0.4, -0.2) is 32.6 Å². The van der Waals surface area contributed by atoms with Crippen LogP contribution in [0.25, 0.3) is 0 Å². The van der Waals surface area contributed by atoms with Gasteiger partial charge >= 0.3 is 0 Å². The molecule has 2 aromatic rings. The molecule has 1 saturated heterocycles. The maximum absolute atomic E-state index is 12.4. The number of hydrogen-bond donors (Lipinski definition) is 1. The van der Waals surface area contributed by atoms with E-state index < -0.39 is 15.9 Å². The molecule has 0 aromatic heterocycles. The van der Waals surface area contributed by atoms with Crippen LogP contribution in [0.2, 0.25) is 0 Å². The van der Waals surface area contributed by atoms with Crippen molar-refractivity contribution in [2.75, 3.05) is 22.0 Å². The van der Waals surface area contributed by atoms with E-state index in [9.17, 15) is 18.0 Å². The summed E-state index contributed by atoms with van der Waals surface area (Å²) in [6, 6.07) is 12.9. The van der Waals surface area contributed by atoms with Crippen molar-refractivity contribution in [3.63, 3.8) is 0 Å². The number of rotatable bonds is 5. The molecule has 1 heterocycles. The molecular formula is C18H18N2O5S. The zero-order chi connectivity index (χ0) is 18.7. The van der Waals surface area contributed by atoms with Gasteiger partial charge in [0.1, 0.15) is 5.75 Å². The van der Waals surface area contributed by atoms with E-state index in [1.165, 1.54) is 24.3 Å². The molecule has 7 nitrogen and oxygen atoms in total. The van der Waals surface area contributed by atoms with Gasteiger partial charge in [-0.25, -0.2) is 12.7 Å². The predicted molar refractivity (Wildman–Crippen MR) is 97.9 cm³/mol. The monoisotopic (exact) mass is 374 g/mol. The highest BCUT2D eigenvalue weighted by Crippen LogP contribution is 2.27. The van der Waals surface area contributed by atoms with Gasteiger partial charge in [-0.3, -0.25) is 9.59 Å². The highest BCUT2D eigenvalue weighted by atomic mass is 32.2. The Balaban J connectivity index is 1.79. The molecule has 1 N–H and O–H groups in total. The molecule has 0 bridgehead atoms. The molecule has 0 radical (unpaired) electrons. The van der Waals surface area contributed by atoms with Gasteiger partial charge in [0.25, 0.3) is 5.91 Å². The van der Waals surface area contributed by atoms with Gasteiger partial charge in [-0.1, -0.05) is 12.1 Å². The van der Waals surface area contributed by atoms with Crippen molar-refractivity contribution in [2.45, 2.75) is 13.3 Å².